The van der Waals surface area contributed by atoms with Crippen LogP contribution >= 0.6 is 0 Å². The Morgan fingerprint density at radius 2 is 1.83 bits per heavy atom. The van der Waals surface area contributed by atoms with Crippen LogP contribution in [0.3, 0.4) is 0 Å². The molecule has 4 rings (SSSR count). The zero-order chi connectivity index (χ0) is 20.1. The van der Waals surface area contributed by atoms with E-state index in [0.717, 1.165) is 48.8 Å². The molecule has 0 bridgehead atoms. The average Bonchev–Trinajstić information content (AvgIpc) is 3.29. The quantitative estimate of drug-likeness (QED) is 0.519. The monoisotopic (exact) mass is 389 g/mol. The van der Waals surface area contributed by atoms with E-state index in [4.69, 9.17) is 4.74 Å². The maximum absolute atomic E-state index is 12.4. The SMILES string of the molecule is C/C(=N/NC(=O)c1cc(-c2ccccc2)n[nH]1)c1ccc(N2CCOCC2)cc1. The molecule has 7 nitrogen and oxygen atoms in total. The summed E-state index contributed by atoms with van der Waals surface area (Å²) in [5, 5.41) is 11.2. The molecule has 1 aliphatic rings. The Morgan fingerprint density at radius 3 is 2.55 bits per heavy atom. The Kier molecular flexibility index (Phi) is 5.67. The van der Waals surface area contributed by atoms with Crippen LogP contribution in [0.2, 0.25) is 0 Å². The predicted octanol–water partition coefficient (Wildman–Crippen LogP) is 3.07. The lowest BCUT2D eigenvalue weighted by Gasteiger charge is -2.28. The van der Waals surface area contributed by atoms with Gasteiger partial charge in [0.2, 0.25) is 0 Å². The van der Waals surface area contributed by atoms with Crippen molar-refractivity contribution in [2.75, 3.05) is 31.2 Å². The van der Waals surface area contributed by atoms with Crippen LogP contribution in [0.1, 0.15) is 23.0 Å². The fourth-order valence-corrected chi connectivity index (χ4v) is 3.19. The van der Waals surface area contributed by atoms with Crippen LogP contribution in [0, 0.1) is 0 Å². The van der Waals surface area contributed by atoms with Gasteiger partial charge >= 0.3 is 0 Å². The van der Waals surface area contributed by atoms with Crippen molar-refractivity contribution in [3.63, 3.8) is 0 Å². The Labute approximate surface area is 169 Å². The molecule has 1 aliphatic heterocycles. The number of hydrazone groups is 1. The van der Waals surface area contributed by atoms with Gasteiger partial charge in [-0.25, -0.2) is 5.43 Å². The van der Waals surface area contributed by atoms with Crippen molar-refractivity contribution in [3.8, 4) is 11.3 Å². The van der Waals surface area contributed by atoms with Gasteiger partial charge in [0.1, 0.15) is 5.69 Å². The fraction of sp³-hybridized carbons (Fsp3) is 0.227. The van der Waals surface area contributed by atoms with Gasteiger partial charge in [-0.1, -0.05) is 42.5 Å². The molecule has 1 saturated heterocycles. The molecule has 0 spiro atoms. The highest BCUT2D eigenvalue weighted by Gasteiger charge is 2.12. The number of nitrogens with one attached hydrogen (secondary N) is 2. The van der Waals surface area contributed by atoms with E-state index in [1.165, 1.54) is 5.69 Å². The van der Waals surface area contributed by atoms with Crippen LogP contribution in [-0.2, 0) is 4.74 Å². The number of H-pyrrole nitrogens is 1. The van der Waals surface area contributed by atoms with E-state index >= 15 is 0 Å². The molecule has 0 atom stereocenters. The summed E-state index contributed by atoms with van der Waals surface area (Å²) in [5.74, 6) is -0.330. The maximum atomic E-state index is 12.4. The van der Waals surface area contributed by atoms with Gasteiger partial charge in [0.05, 0.1) is 24.6 Å². The van der Waals surface area contributed by atoms with Crippen molar-refractivity contribution in [2.24, 2.45) is 5.10 Å². The molecule has 0 aliphatic carbocycles. The highest BCUT2D eigenvalue weighted by atomic mass is 16.5. The molecule has 1 aromatic heterocycles. The molecule has 7 heteroatoms. The number of anilines is 1. The number of morpholine rings is 1. The van der Waals surface area contributed by atoms with Crippen molar-refractivity contribution < 1.29 is 9.53 Å². The fourth-order valence-electron chi connectivity index (χ4n) is 3.19. The van der Waals surface area contributed by atoms with Crippen LogP contribution < -0.4 is 10.3 Å². The second kappa shape index (κ2) is 8.70. The van der Waals surface area contributed by atoms with Gasteiger partial charge in [0.15, 0.2) is 0 Å². The third kappa shape index (κ3) is 4.52. The van der Waals surface area contributed by atoms with Crippen molar-refractivity contribution in [1.29, 1.82) is 0 Å². The lowest BCUT2D eigenvalue weighted by atomic mass is 10.1. The standard InChI is InChI=1S/C22H23N5O2/c1-16(17-7-9-19(10-8-17)27-11-13-29-14-12-27)23-26-22(28)21-15-20(24-25-21)18-5-3-2-4-6-18/h2-10,15H,11-14H2,1H3,(H,24,25)(H,26,28)/b23-16-. The van der Waals surface area contributed by atoms with Gasteiger partial charge in [0, 0.05) is 24.3 Å². The summed E-state index contributed by atoms with van der Waals surface area (Å²) in [7, 11) is 0. The van der Waals surface area contributed by atoms with Gasteiger partial charge in [-0.2, -0.15) is 10.2 Å². The molecule has 0 radical (unpaired) electrons. The summed E-state index contributed by atoms with van der Waals surface area (Å²) >= 11 is 0. The Hall–Kier alpha value is -3.45. The number of amides is 1. The number of benzene rings is 2. The molecule has 29 heavy (non-hydrogen) atoms. The summed E-state index contributed by atoms with van der Waals surface area (Å²) < 4.78 is 5.39. The summed E-state index contributed by atoms with van der Waals surface area (Å²) in [6, 6.07) is 19.6. The van der Waals surface area contributed by atoms with Crippen LogP contribution in [0.25, 0.3) is 11.3 Å². The molecule has 0 unspecified atom stereocenters. The molecule has 1 fully saturated rings. The molecule has 148 valence electrons. The number of nitrogens with zero attached hydrogens (tertiary/aromatic N) is 3. The largest absolute Gasteiger partial charge is 0.378 e. The lowest BCUT2D eigenvalue weighted by Crippen LogP contribution is -2.36. The first-order chi connectivity index (χ1) is 14.2. The van der Waals surface area contributed by atoms with Crippen LogP contribution in [0.15, 0.2) is 65.8 Å². The minimum atomic E-state index is -0.330. The highest BCUT2D eigenvalue weighted by Crippen LogP contribution is 2.18. The Bertz CT molecular complexity index is 990. The summed E-state index contributed by atoms with van der Waals surface area (Å²) in [5.41, 5.74) is 7.47. The van der Waals surface area contributed by atoms with Crippen LogP contribution in [-0.4, -0.2) is 48.1 Å². The molecular formula is C22H23N5O2. The van der Waals surface area contributed by atoms with Gasteiger partial charge in [-0.05, 0) is 30.7 Å². The number of carbonyl (C=O) groups is 1. The Morgan fingerprint density at radius 1 is 1.10 bits per heavy atom. The van der Waals surface area contributed by atoms with Crippen LogP contribution in [0.5, 0.6) is 0 Å². The molecule has 2 N–H and O–H groups in total. The molecule has 1 amide bonds. The number of rotatable bonds is 5. The number of hydrogen-bond acceptors (Lipinski definition) is 5. The van der Waals surface area contributed by atoms with Crippen molar-refractivity contribution in [2.45, 2.75) is 6.92 Å². The van der Waals surface area contributed by atoms with Crippen molar-refractivity contribution >= 4 is 17.3 Å². The first-order valence-electron chi connectivity index (χ1n) is 9.59. The molecular weight excluding hydrogens is 366 g/mol. The van der Waals surface area contributed by atoms with E-state index in [1.807, 2.05) is 49.4 Å². The van der Waals surface area contributed by atoms with Gasteiger partial charge in [0.25, 0.3) is 5.91 Å². The zero-order valence-corrected chi connectivity index (χ0v) is 16.3. The minimum Gasteiger partial charge on any atom is -0.378 e. The summed E-state index contributed by atoms with van der Waals surface area (Å²) in [6.07, 6.45) is 0. The maximum Gasteiger partial charge on any atom is 0.289 e. The van der Waals surface area contributed by atoms with E-state index < -0.39 is 0 Å². The van der Waals surface area contributed by atoms with E-state index in [-0.39, 0.29) is 5.91 Å². The normalized spacial score (nSPS) is 14.7. The molecule has 2 aromatic carbocycles. The number of carbonyl (C=O) groups excluding carboxylic acids is 1. The summed E-state index contributed by atoms with van der Waals surface area (Å²) in [6.45, 7) is 5.18. The molecule has 2 heterocycles. The number of hydrogen-bond donors (Lipinski definition) is 2. The number of ether oxygens (including phenoxy) is 1. The third-order valence-electron chi connectivity index (χ3n) is 4.88. The second-order valence-corrected chi connectivity index (χ2v) is 6.82. The highest BCUT2D eigenvalue weighted by molar-refractivity contribution is 6.00. The second-order valence-electron chi connectivity index (χ2n) is 6.82. The topological polar surface area (TPSA) is 82.6 Å². The van der Waals surface area contributed by atoms with Crippen LogP contribution in [0.4, 0.5) is 5.69 Å². The van der Waals surface area contributed by atoms with E-state index in [0.29, 0.717) is 5.69 Å². The summed E-state index contributed by atoms with van der Waals surface area (Å²) in [4.78, 5) is 14.7. The van der Waals surface area contributed by atoms with Gasteiger partial charge in [-0.3, -0.25) is 9.89 Å². The molecule has 0 saturated carbocycles. The van der Waals surface area contributed by atoms with E-state index in [9.17, 15) is 4.79 Å². The first-order valence-corrected chi connectivity index (χ1v) is 9.59. The predicted molar refractivity (Wildman–Crippen MR) is 113 cm³/mol. The van der Waals surface area contributed by atoms with Gasteiger partial charge < -0.3 is 9.64 Å². The van der Waals surface area contributed by atoms with Crippen molar-refractivity contribution in [3.05, 3.63) is 71.9 Å². The van der Waals surface area contributed by atoms with Crippen molar-refractivity contribution in [1.82, 2.24) is 15.6 Å². The minimum absolute atomic E-state index is 0.330. The third-order valence-corrected chi connectivity index (χ3v) is 4.88. The van der Waals surface area contributed by atoms with E-state index in [2.05, 4.69) is 37.8 Å². The number of aromatic nitrogens is 2. The molecule has 3 aromatic rings. The number of aromatic amines is 1. The average molecular weight is 389 g/mol. The zero-order valence-electron chi connectivity index (χ0n) is 16.3. The Balaban J connectivity index is 1.39. The first kappa shape index (κ1) is 18.9. The van der Waals surface area contributed by atoms with Gasteiger partial charge in [-0.15, -0.1) is 0 Å². The van der Waals surface area contributed by atoms with E-state index in [1.54, 1.807) is 6.07 Å². The lowest BCUT2D eigenvalue weighted by molar-refractivity contribution is 0.0950. The smallest absolute Gasteiger partial charge is 0.289 e.